The highest BCUT2D eigenvalue weighted by Gasteiger charge is 2.28. The minimum atomic E-state index is -3.70. The van der Waals surface area contributed by atoms with E-state index in [1.807, 2.05) is 0 Å². The van der Waals surface area contributed by atoms with Gasteiger partial charge in [0.25, 0.3) is 0 Å². The highest BCUT2D eigenvalue weighted by molar-refractivity contribution is 7.89. The van der Waals surface area contributed by atoms with Gasteiger partial charge in [-0.3, -0.25) is 9.69 Å². The molecule has 2 aliphatic rings. The second-order valence-electron chi connectivity index (χ2n) is 6.45. The number of likely N-dealkylation sites (tertiary alicyclic amines) is 1. The second kappa shape index (κ2) is 6.22. The molecule has 7 heteroatoms. The number of anilines is 1. The number of nitrogens with zero attached hydrogens (tertiary/aromatic N) is 2. The number of hydrogen-bond donors (Lipinski definition) is 1. The third kappa shape index (κ3) is 3.41. The van der Waals surface area contributed by atoms with Gasteiger partial charge in [-0.15, -0.1) is 0 Å². The van der Waals surface area contributed by atoms with E-state index in [4.69, 9.17) is 5.14 Å². The number of hydrogen-bond acceptors (Lipinski definition) is 4. The summed E-state index contributed by atoms with van der Waals surface area (Å²) in [6.07, 6.45) is 4.18. The molecule has 2 aliphatic heterocycles. The molecule has 1 saturated heterocycles. The molecule has 0 aromatic heterocycles. The molecule has 6 nitrogen and oxygen atoms in total. The summed E-state index contributed by atoms with van der Waals surface area (Å²) in [6.45, 7) is 4.17. The highest BCUT2D eigenvalue weighted by Crippen LogP contribution is 2.30. The fourth-order valence-electron chi connectivity index (χ4n) is 3.47. The van der Waals surface area contributed by atoms with Gasteiger partial charge in [-0.05, 0) is 56.5 Å². The van der Waals surface area contributed by atoms with Gasteiger partial charge in [-0.1, -0.05) is 6.42 Å². The molecule has 0 bridgehead atoms. The summed E-state index contributed by atoms with van der Waals surface area (Å²) >= 11 is 0. The van der Waals surface area contributed by atoms with Gasteiger partial charge in [0, 0.05) is 18.3 Å². The van der Waals surface area contributed by atoms with E-state index in [2.05, 4.69) is 11.8 Å². The van der Waals surface area contributed by atoms with Crippen LogP contribution in [0.2, 0.25) is 0 Å². The van der Waals surface area contributed by atoms with Crippen LogP contribution in [0.5, 0.6) is 0 Å². The van der Waals surface area contributed by atoms with Crippen LogP contribution in [-0.4, -0.2) is 44.9 Å². The molecule has 23 heavy (non-hydrogen) atoms. The zero-order valence-corrected chi connectivity index (χ0v) is 14.2. The molecule has 1 amide bonds. The molecule has 3 rings (SSSR count). The zero-order valence-electron chi connectivity index (χ0n) is 13.4. The van der Waals surface area contributed by atoms with Crippen molar-refractivity contribution in [3.05, 3.63) is 23.8 Å². The molecule has 0 aliphatic carbocycles. The van der Waals surface area contributed by atoms with Crippen molar-refractivity contribution in [2.75, 3.05) is 24.5 Å². The van der Waals surface area contributed by atoms with E-state index in [9.17, 15) is 13.2 Å². The SMILES string of the molecule is CC1CCCCN1CC(=O)N1CCc2cc(S(N)(=O)=O)ccc21. The van der Waals surface area contributed by atoms with Crippen molar-refractivity contribution in [3.63, 3.8) is 0 Å². The molecular formula is C16H23N3O3S. The largest absolute Gasteiger partial charge is 0.311 e. The molecule has 2 N–H and O–H groups in total. The third-order valence-electron chi connectivity index (χ3n) is 4.86. The monoisotopic (exact) mass is 337 g/mol. The first-order chi connectivity index (χ1) is 10.9. The third-order valence-corrected chi connectivity index (χ3v) is 5.77. The smallest absolute Gasteiger partial charge is 0.241 e. The lowest BCUT2D eigenvalue weighted by Crippen LogP contribution is -2.45. The van der Waals surface area contributed by atoms with E-state index >= 15 is 0 Å². The Kier molecular flexibility index (Phi) is 4.44. The first-order valence-electron chi connectivity index (χ1n) is 8.06. The predicted octanol–water partition coefficient (Wildman–Crippen LogP) is 1.10. The van der Waals surface area contributed by atoms with Crippen LogP contribution >= 0.6 is 0 Å². The average molecular weight is 337 g/mol. The van der Waals surface area contributed by atoms with E-state index in [1.165, 1.54) is 12.5 Å². The lowest BCUT2D eigenvalue weighted by molar-refractivity contribution is -0.120. The predicted molar refractivity (Wildman–Crippen MR) is 88.8 cm³/mol. The summed E-state index contributed by atoms with van der Waals surface area (Å²) in [5.41, 5.74) is 1.68. The molecule has 0 radical (unpaired) electrons. The van der Waals surface area contributed by atoms with Gasteiger partial charge >= 0.3 is 0 Å². The van der Waals surface area contributed by atoms with Gasteiger partial charge in [0.15, 0.2) is 0 Å². The topological polar surface area (TPSA) is 83.7 Å². The van der Waals surface area contributed by atoms with Crippen LogP contribution < -0.4 is 10.0 Å². The Hall–Kier alpha value is -1.44. The fourth-order valence-corrected chi connectivity index (χ4v) is 4.03. The van der Waals surface area contributed by atoms with E-state index in [-0.39, 0.29) is 10.8 Å². The standard InChI is InChI=1S/C16H23N3O3S/c1-12-4-2-3-8-18(12)11-16(20)19-9-7-13-10-14(23(17,21)22)5-6-15(13)19/h5-6,10,12H,2-4,7-9,11H2,1H3,(H2,17,21,22). The average Bonchev–Trinajstić information content (AvgIpc) is 2.92. The van der Waals surface area contributed by atoms with Crippen molar-refractivity contribution in [1.82, 2.24) is 4.90 Å². The summed E-state index contributed by atoms with van der Waals surface area (Å²) in [6, 6.07) is 5.20. The molecule has 1 unspecified atom stereocenters. The zero-order chi connectivity index (χ0) is 16.6. The van der Waals surface area contributed by atoms with Gasteiger partial charge in [0.1, 0.15) is 0 Å². The number of carbonyl (C=O) groups excluding carboxylic acids is 1. The molecule has 2 heterocycles. The van der Waals surface area contributed by atoms with Crippen molar-refractivity contribution >= 4 is 21.6 Å². The Morgan fingerprint density at radius 3 is 2.78 bits per heavy atom. The maximum absolute atomic E-state index is 12.6. The summed E-state index contributed by atoms with van der Waals surface area (Å²) < 4.78 is 22.9. The van der Waals surface area contributed by atoms with Gasteiger partial charge in [0.2, 0.25) is 15.9 Å². The van der Waals surface area contributed by atoms with Crippen LogP contribution in [-0.2, 0) is 21.2 Å². The van der Waals surface area contributed by atoms with Gasteiger partial charge in [-0.2, -0.15) is 0 Å². The normalized spacial score (nSPS) is 22.2. The van der Waals surface area contributed by atoms with Gasteiger partial charge in [-0.25, -0.2) is 13.6 Å². The van der Waals surface area contributed by atoms with Crippen molar-refractivity contribution in [1.29, 1.82) is 0 Å². The van der Waals surface area contributed by atoms with E-state index in [0.717, 1.165) is 30.6 Å². The number of rotatable bonds is 3. The maximum atomic E-state index is 12.6. The summed E-state index contributed by atoms with van der Waals surface area (Å²) in [5.74, 6) is 0.0841. The van der Waals surface area contributed by atoms with Crippen LogP contribution in [0.3, 0.4) is 0 Å². The first-order valence-corrected chi connectivity index (χ1v) is 9.61. The Balaban J connectivity index is 1.75. The molecular weight excluding hydrogens is 314 g/mol. The summed E-state index contributed by atoms with van der Waals surface area (Å²) in [7, 11) is -3.70. The summed E-state index contributed by atoms with van der Waals surface area (Å²) in [4.78, 5) is 16.8. The van der Waals surface area contributed by atoms with Crippen LogP contribution in [0.1, 0.15) is 31.7 Å². The minimum absolute atomic E-state index is 0.0841. The minimum Gasteiger partial charge on any atom is -0.311 e. The van der Waals surface area contributed by atoms with Crippen molar-refractivity contribution in [2.45, 2.75) is 43.5 Å². The van der Waals surface area contributed by atoms with Crippen LogP contribution in [0, 0.1) is 0 Å². The number of amides is 1. The number of fused-ring (bicyclic) bond motifs is 1. The lowest BCUT2D eigenvalue weighted by Gasteiger charge is -2.33. The Bertz CT molecular complexity index is 717. The molecule has 1 fully saturated rings. The maximum Gasteiger partial charge on any atom is 0.241 e. The molecule has 126 valence electrons. The van der Waals surface area contributed by atoms with Crippen molar-refractivity contribution < 1.29 is 13.2 Å². The summed E-state index contributed by atoms with van der Waals surface area (Å²) in [5, 5.41) is 5.17. The first kappa shape index (κ1) is 16.4. The lowest BCUT2D eigenvalue weighted by atomic mass is 10.0. The number of primary sulfonamides is 1. The molecule has 1 aromatic carbocycles. The van der Waals surface area contributed by atoms with Crippen LogP contribution in [0.15, 0.2) is 23.1 Å². The van der Waals surface area contributed by atoms with Gasteiger partial charge < -0.3 is 4.90 Å². The number of carbonyl (C=O) groups is 1. The molecule has 1 atom stereocenters. The Morgan fingerprint density at radius 1 is 1.30 bits per heavy atom. The van der Waals surface area contributed by atoms with Crippen LogP contribution in [0.4, 0.5) is 5.69 Å². The van der Waals surface area contributed by atoms with E-state index < -0.39 is 10.0 Å². The Labute approximate surface area is 137 Å². The number of benzene rings is 1. The molecule has 0 saturated carbocycles. The van der Waals surface area contributed by atoms with E-state index in [1.54, 1.807) is 17.0 Å². The number of nitrogens with two attached hydrogens (primary N) is 1. The van der Waals surface area contributed by atoms with Crippen molar-refractivity contribution in [3.8, 4) is 0 Å². The highest BCUT2D eigenvalue weighted by atomic mass is 32.2. The number of piperidine rings is 1. The number of sulfonamides is 1. The fraction of sp³-hybridized carbons (Fsp3) is 0.562. The Morgan fingerprint density at radius 2 is 2.09 bits per heavy atom. The molecule has 1 aromatic rings. The van der Waals surface area contributed by atoms with Crippen molar-refractivity contribution in [2.24, 2.45) is 5.14 Å². The van der Waals surface area contributed by atoms with Gasteiger partial charge in [0.05, 0.1) is 11.4 Å². The van der Waals surface area contributed by atoms with E-state index in [0.29, 0.717) is 25.6 Å². The second-order valence-corrected chi connectivity index (χ2v) is 8.01. The quantitative estimate of drug-likeness (QED) is 0.895. The molecule has 0 spiro atoms. The van der Waals surface area contributed by atoms with Crippen LogP contribution in [0.25, 0.3) is 0 Å².